The van der Waals surface area contributed by atoms with Crippen molar-refractivity contribution in [1.82, 2.24) is 0 Å². The maximum Gasteiger partial charge on any atom is 0.139 e. The highest BCUT2D eigenvalue weighted by Crippen LogP contribution is 2.32. The van der Waals surface area contributed by atoms with E-state index in [1.165, 1.54) is 51.4 Å². The SMILES string of the molecule is CCCCCC1CCC(C=CC#Cc2ccc(CCCC)cc2F)CC1. The Balaban J connectivity index is 1.77. The molecule has 2 rings (SSSR count). The maximum absolute atomic E-state index is 14.1. The predicted molar refractivity (Wildman–Crippen MR) is 111 cm³/mol. The molecule has 0 heterocycles. The molecule has 1 heteroatoms. The van der Waals surface area contributed by atoms with E-state index in [4.69, 9.17) is 0 Å². The molecule has 1 saturated carbocycles. The molecule has 142 valence electrons. The summed E-state index contributed by atoms with van der Waals surface area (Å²) in [7, 11) is 0. The molecule has 0 unspecified atom stereocenters. The zero-order valence-electron chi connectivity index (χ0n) is 16.7. The first-order valence-corrected chi connectivity index (χ1v) is 10.7. The average Bonchev–Trinajstić information content (AvgIpc) is 2.66. The fraction of sp³-hybridized carbons (Fsp3) is 0.600. The van der Waals surface area contributed by atoms with Gasteiger partial charge in [-0.2, -0.15) is 0 Å². The highest BCUT2D eigenvalue weighted by molar-refractivity contribution is 5.39. The monoisotopic (exact) mass is 354 g/mol. The molecule has 1 fully saturated rings. The molecular formula is C25H35F. The smallest absolute Gasteiger partial charge is 0.139 e. The predicted octanol–water partition coefficient (Wildman–Crippen LogP) is 7.46. The van der Waals surface area contributed by atoms with Gasteiger partial charge < -0.3 is 0 Å². The van der Waals surface area contributed by atoms with Gasteiger partial charge in [-0.15, -0.1) is 0 Å². The first-order valence-electron chi connectivity index (χ1n) is 10.7. The second-order valence-corrected chi connectivity index (χ2v) is 7.82. The third-order valence-corrected chi connectivity index (χ3v) is 5.62. The zero-order valence-corrected chi connectivity index (χ0v) is 16.7. The minimum absolute atomic E-state index is 0.188. The van der Waals surface area contributed by atoms with Crippen molar-refractivity contribution in [2.45, 2.75) is 84.5 Å². The van der Waals surface area contributed by atoms with Gasteiger partial charge in [0.2, 0.25) is 0 Å². The molecule has 1 aromatic rings. The van der Waals surface area contributed by atoms with Gasteiger partial charge in [0, 0.05) is 0 Å². The van der Waals surface area contributed by atoms with E-state index in [2.05, 4.69) is 31.8 Å². The van der Waals surface area contributed by atoms with Gasteiger partial charge in [-0.25, -0.2) is 4.39 Å². The van der Waals surface area contributed by atoms with E-state index in [-0.39, 0.29) is 5.82 Å². The van der Waals surface area contributed by atoms with Crippen LogP contribution >= 0.6 is 0 Å². The molecule has 0 saturated heterocycles. The molecule has 0 spiro atoms. The van der Waals surface area contributed by atoms with Crippen LogP contribution in [0.2, 0.25) is 0 Å². The zero-order chi connectivity index (χ0) is 18.6. The van der Waals surface area contributed by atoms with Crippen molar-refractivity contribution in [2.24, 2.45) is 11.8 Å². The largest absolute Gasteiger partial charge is 0.206 e. The Bertz CT molecular complexity index is 609. The van der Waals surface area contributed by atoms with Gasteiger partial charge in [0.05, 0.1) is 5.56 Å². The number of hydrogen-bond donors (Lipinski definition) is 0. The third kappa shape index (κ3) is 7.36. The summed E-state index contributed by atoms with van der Waals surface area (Å²) >= 11 is 0. The lowest BCUT2D eigenvalue weighted by molar-refractivity contribution is 0.289. The van der Waals surface area contributed by atoms with Crippen molar-refractivity contribution in [3.8, 4) is 11.8 Å². The summed E-state index contributed by atoms with van der Waals surface area (Å²) in [5.41, 5.74) is 1.58. The van der Waals surface area contributed by atoms with Crippen LogP contribution in [-0.4, -0.2) is 0 Å². The van der Waals surface area contributed by atoms with Crippen LogP contribution in [0.5, 0.6) is 0 Å². The fourth-order valence-corrected chi connectivity index (χ4v) is 3.85. The Morgan fingerprint density at radius 2 is 1.81 bits per heavy atom. The average molecular weight is 355 g/mol. The summed E-state index contributed by atoms with van der Waals surface area (Å²) in [6.45, 7) is 4.43. The number of benzene rings is 1. The maximum atomic E-state index is 14.1. The second kappa shape index (κ2) is 11.9. The molecule has 26 heavy (non-hydrogen) atoms. The third-order valence-electron chi connectivity index (χ3n) is 5.62. The molecule has 1 aromatic carbocycles. The molecular weight excluding hydrogens is 319 g/mol. The molecule has 0 radical (unpaired) electrons. The van der Waals surface area contributed by atoms with E-state index in [1.54, 1.807) is 6.07 Å². The van der Waals surface area contributed by atoms with Crippen LogP contribution < -0.4 is 0 Å². The normalized spacial score (nSPS) is 20.1. The fourth-order valence-electron chi connectivity index (χ4n) is 3.85. The van der Waals surface area contributed by atoms with Gasteiger partial charge in [-0.3, -0.25) is 0 Å². The van der Waals surface area contributed by atoms with Gasteiger partial charge >= 0.3 is 0 Å². The van der Waals surface area contributed by atoms with Crippen LogP contribution in [0.3, 0.4) is 0 Å². The number of hydrogen-bond acceptors (Lipinski definition) is 0. The van der Waals surface area contributed by atoms with E-state index in [1.807, 2.05) is 18.2 Å². The summed E-state index contributed by atoms with van der Waals surface area (Å²) in [6.07, 6.45) is 18.2. The van der Waals surface area contributed by atoms with Crippen molar-refractivity contribution in [3.05, 3.63) is 47.3 Å². The quantitative estimate of drug-likeness (QED) is 0.335. The molecule has 0 amide bonds. The Kier molecular flexibility index (Phi) is 9.54. The summed E-state index contributed by atoms with van der Waals surface area (Å²) in [5.74, 6) is 7.42. The minimum Gasteiger partial charge on any atom is -0.206 e. The Labute approximate surface area is 160 Å². The summed E-state index contributed by atoms with van der Waals surface area (Å²) < 4.78 is 14.1. The number of rotatable bonds is 8. The summed E-state index contributed by atoms with van der Waals surface area (Å²) in [4.78, 5) is 0. The van der Waals surface area contributed by atoms with Crippen LogP contribution in [0.4, 0.5) is 4.39 Å². The lowest BCUT2D eigenvalue weighted by Crippen LogP contribution is -2.12. The Morgan fingerprint density at radius 3 is 2.50 bits per heavy atom. The van der Waals surface area contributed by atoms with Crippen molar-refractivity contribution in [3.63, 3.8) is 0 Å². The van der Waals surface area contributed by atoms with Crippen molar-refractivity contribution in [1.29, 1.82) is 0 Å². The molecule has 0 bridgehead atoms. The van der Waals surface area contributed by atoms with E-state index in [0.29, 0.717) is 11.5 Å². The van der Waals surface area contributed by atoms with Crippen LogP contribution in [0.15, 0.2) is 30.4 Å². The molecule has 0 atom stereocenters. The first kappa shape index (κ1) is 20.8. The van der Waals surface area contributed by atoms with Crippen LogP contribution in [0, 0.1) is 29.5 Å². The molecule has 0 aromatic heterocycles. The van der Waals surface area contributed by atoms with E-state index >= 15 is 0 Å². The van der Waals surface area contributed by atoms with Crippen molar-refractivity contribution >= 4 is 0 Å². The lowest BCUT2D eigenvalue weighted by atomic mass is 9.79. The number of unbranched alkanes of at least 4 members (excludes halogenated alkanes) is 3. The summed E-state index contributed by atoms with van der Waals surface area (Å²) in [6, 6.07) is 5.47. The second-order valence-electron chi connectivity index (χ2n) is 7.82. The van der Waals surface area contributed by atoms with E-state index < -0.39 is 0 Å². The Morgan fingerprint density at radius 1 is 1.04 bits per heavy atom. The Hall–Kier alpha value is -1.55. The van der Waals surface area contributed by atoms with Crippen molar-refractivity contribution in [2.75, 3.05) is 0 Å². The lowest BCUT2D eigenvalue weighted by Gasteiger charge is -2.26. The molecule has 1 aliphatic carbocycles. The van der Waals surface area contributed by atoms with Gasteiger partial charge in [0.15, 0.2) is 0 Å². The van der Waals surface area contributed by atoms with Gasteiger partial charge in [0.25, 0.3) is 0 Å². The molecule has 1 aliphatic rings. The number of aryl methyl sites for hydroxylation is 1. The standard InChI is InChI=1S/C25H35F/c1-3-5-7-11-21-14-16-22(17-15-21)12-8-9-13-24-19-18-23(10-6-4-2)20-25(24)26/h8,12,18-22H,3-7,10-11,14-17H2,1-2H3. The van der Waals surface area contributed by atoms with Gasteiger partial charge in [-0.1, -0.05) is 69.9 Å². The minimum atomic E-state index is -0.188. The van der Waals surface area contributed by atoms with E-state index in [0.717, 1.165) is 30.7 Å². The van der Waals surface area contributed by atoms with Crippen LogP contribution in [0.25, 0.3) is 0 Å². The van der Waals surface area contributed by atoms with Crippen LogP contribution in [0.1, 0.15) is 89.2 Å². The molecule has 0 aliphatic heterocycles. The highest BCUT2D eigenvalue weighted by Gasteiger charge is 2.18. The van der Waals surface area contributed by atoms with Crippen LogP contribution in [-0.2, 0) is 6.42 Å². The van der Waals surface area contributed by atoms with E-state index in [9.17, 15) is 4.39 Å². The van der Waals surface area contributed by atoms with Crippen molar-refractivity contribution < 1.29 is 4.39 Å². The number of allylic oxidation sites excluding steroid dienone is 2. The summed E-state index contributed by atoms with van der Waals surface area (Å²) in [5, 5.41) is 0. The van der Waals surface area contributed by atoms with Gasteiger partial charge in [-0.05, 0) is 74.1 Å². The topological polar surface area (TPSA) is 0 Å². The molecule has 0 nitrogen and oxygen atoms in total. The highest BCUT2D eigenvalue weighted by atomic mass is 19.1. The number of halogens is 1. The first-order chi connectivity index (χ1) is 12.7. The van der Waals surface area contributed by atoms with Gasteiger partial charge in [0.1, 0.15) is 5.82 Å². The molecule has 0 N–H and O–H groups in total.